The standard InChI is InChI=1S/C23H21N3O2S/c27-21-20(29-23(24-21)25-13-7-2-8-14-25)19-17-11-5-6-12-18(17)26(22(19)28)15-16-9-3-1-4-10-16/h1,3-6,9-12H,2,7-8,13-15H2/b20-19+. The van der Waals surface area contributed by atoms with Crippen LogP contribution >= 0.6 is 11.8 Å². The SMILES string of the molecule is O=C1N=C(N2CCCCC2)S/C1=C1/C(=O)N(Cc2ccccc2)c2ccccc21. The summed E-state index contributed by atoms with van der Waals surface area (Å²) in [6.45, 7) is 2.32. The second-order valence-corrected chi connectivity index (χ2v) is 8.42. The van der Waals surface area contributed by atoms with Crippen LogP contribution in [-0.2, 0) is 16.1 Å². The zero-order valence-electron chi connectivity index (χ0n) is 16.0. The molecule has 1 fully saturated rings. The number of para-hydroxylation sites is 1. The van der Waals surface area contributed by atoms with E-state index in [9.17, 15) is 9.59 Å². The topological polar surface area (TPSA) is 53.0 Å². The van der Waals surface area contributed by atoms with Gasteiger partial charge in [-0.1, -0.05) is 48.5 Å². The van der Waals surface area contributed by atoms with Crippen LogP contribution in [0, 0.1) is 0 Å². The van der Waals surface area contributed by atoms with E-state index >= 15 is 0 Å². The summed E-state index contributed by atoms with van der Waals surface area (Å²) >= 11 is 1.36. The van der Waals surface area contributed by atoms with Crippen LogP contribution in [0.3, 0.4) is 0 Å². The van der Waals surface area contributed by atoms with Crippen LogP contribution in [0.4, 0.5) is 5.69 Å². The van der Waals surface area contributed by atoms with Gasteiger partial charge in [0, 0.05) is 18.7 Å². The van der Waals surface area contributed by atoms with Crippen LogP contribution in [0.25, 0.3) is 5.57 Å². The summed E-state index contributed by atoms with van der Waals surface area (Å²) in [5.74, 6) is -0.420. The van der Waals surface area contributed by atoms with E-state index in [0.717, 1.165) is 47.9 Å². The van der Waals surface area contributed by atoms with Crippen molar-refractivity contribution >= 4 is 40.0 Å². The Kier molecular flexibility index (Phi) is 4.72. The number of rotatable bonds is 2. The third-order valence-corrected chi connectivity index (χ3v) is 6.66. The molecule has 2 aromatic rings. The number of amides is 2. The van der Waals surface area contributed by atoms with Gasteiger partial charge in [0.25, 0.3) is 11.8 Å². The maximum Gasteiger partial charge on any atom is 0.287 e. The van der Waals surface area contributed by atoms with Gasteiger partial charge in [-0.25, -0.2) is 0 Å². The van der Waals surface area contributed by atoms with Crippen molar-refractivity contribution in [3.05, 3.63) is 70.6 Å². The number of carbonyl (C=O) groups excluding carboxylic acids is 2. The third-order valence-electron chi connectivity index (χ3n) is 5.55. The van der Waals surface area contributed by atoms with Crippen LogP contribution in [0.15, 0.2) is 64.5 Å². The molecule has 0 bridgehead atoms. The Morgan fingerprint density at radius 2 is 1.62 bits per heavy atom. The van der Waals surface area contributed by atoms with Crippen molar-refractivity contribution in [2.45, 2.75) is 25.8 Å². The van der Waals surface area contributed by atoms with E-state index in [1.165, 1.54) is 18.2 Å². The number of hydrogen-bond acceptors (Lipinski definition) is 4. The first-order valence-electron chi connectivity index (χ1n) is 9.97. The number of amidine groups is 1. The minimum absolute atomic E-state index is 0.124. The van der Waals surface area contributed by atoms with E-state index in [1.54, 1.807) is 4.90 Å². The molecule has 3 aliphatic heterocycles. The number of thioether (sulfide) groups is 1. The van der Waals surface area contributed by atoms with Gasteiger partial charge < -0.3 is 9.80 Å². The van der Waals surface area contributed by atoms with Gasteiger partial charge in [-0.2, -0.15) is 4.99 Å². The number of fused-ring (bicyclic) bond motifs is 1. The van der Waals surface area contributed by atoms with Crippen molar-refractivity contribution in [1.82, 2.24) is 4.90 Å². The molecule has 5 nitrogen and oxygen atoms in total. The van der Waals surface area contributed by atoms with Crippen molar-refractivity contribution in [2.24, 2.45) is 4.99 Å². The molecule has 3 aliphatic rings. The van der Waals surface area contributed by atoms with Crippen LogP contribution in [0.2, 0.25) is 0 Å². The largest absolute Gasteiger partial charge is 0.351 e. The average Bonchev–Trinajstić information content (AvgIpc) is 3.27. The Balaban J connectivity index is 1.50. The molecule has 0 unspecified atom stereocenters. The average molecular weight is 404 g/mol. The van der Waals surface area contributed by atoms with Crippen molar-refractivity contribution in [3.63, 3.8) is 0 Å². The molecular formula is C23H21N3O2S. The van der Waals surface area contributed by atoms with Gasteiger partial charge in [0.15, 0.2) is 5.17 Å². The number of hydrogen-bond donors (Lipinski definition) is 0. The first kappa shape index (κ1) is 18.2. The molecular weight excluding hydrogens is 382 g/mol. The molecule has 0 N–H and O–H groups in total. The number of benzene rings is 2. The monoisotopic (exact) mass is 403 g/mol. The fraction of sp³-hybridized carbons (Fsp3) is 0.261. The van der Waals surface area contributed by atoms with Crippen LogP contribution < -0.4 is 4.90 Å². The third kappa shape index (κ3) is 3.27. The summed E-state index contributed by atoms with van der Waals surface area (Å²) < 4.78 is 0. The molecule has 5 rings (SSSR count). The van der Waals surface area contributed by atoms with E-state index in [1.807, 2.05) is 54.6 Å². The fourth-order valence-corrected chi connectivity index (χ4v) is 5.15. The number of piperidine rings is 1. The molecule has 0 aromatic heterocycles. The molecule has 0 spiro atoms. The van der Waals surface area contributed by atoms with E-state index in [4.69, 9.17) is 0 Å². The highest BCUT2D eigenvalue weighted by Gasteiger charge is 2.39. The molecule has 0 radical (unpaired) electrons. The fourth-order valence-electron chi connectivity index (χ4n) is 4.10. The van der Waals surface area contributed by atoms with Gasteiger partial charge in [0.1, 0.15) is 0 Å². The summed E-state index contributed by atoms with van der Waals surface area (Å²) in [6, 6.07) is 17.6. The van der Waals surface area contributed by atoms with Gasteiger partial charge in [-0.3, -0.25) is 9.59 Å². The molecule has 3 heterocycles. The molecule has 0 atom stereocenters. The second-order valence-electron chi connectivity index (χ2n) is 7.45. The van der Waals surface area contributed by atoms with Crippen LogP contribution in [0.1, 0.15) is 30.4 Å². The highest BCUT2D eigenvalue weighted by Crippen LogP contribution is 2.44. The van der Waals surface area contributed by atoms with Gasteiger partial charge in [-0.05, 0) is 42.7 Å². The molecule has 6 heteroatoms. The summed E-state index contributed by atoms with van der Waals surface area (Å²) in [5.41, 5.74) is 3.21. The zero-order valence-corrected chi connectivity index (χ0v) is 16.8. The second kappa shape index (κ2) is 7.52. The Labute approximate surface area is 174 Å². The lowest BCUT2D eigenvalue weighted by Crippen LogP contribution is -2.33. The van der Waals surface area contributed by atoms with Crippen LogP contribution in [0.5, 0.6) is 0 Å². The molecule has 0 aliphatic carbocycles. The predicted octanol–water partition coefficient (Wildman–Crippen LogP) is 4.06. The zero-order chi connectivity index (χ0) is 19.8. The molecule has 2 aromatic carbocycles. The number of anilines is 1. The highest BCUT2D eigenvalue weighted by molar-refractivity contribution is 8.18. The van der Waals surface area contributed by atoms with Gasteiger partial charge >= 0.3 is 0 Å². The quantitative estimate of drug-likeness (QED) is 0.710. The molecule has 1 saturated heterocycles. The highest BCUT2D eigenvalue weighted by atomic mass is 32.2. The van der Waals surface area contributed by atoms with Crippen LogP contribution in [-0.4, -0.2) is 35.0 Å². The van der Waals surface area contributed by atoms with Gasteiger partial charge in [0.05, 0.1) is 22.7 Å². The lowest BCUT2D eigenvalue weighted by atomic mass is 10.1. The minimum atomic E-state index is -0.296. The number of nitrogens with zero attached hydrogens (tertiary/aromatic N) is 3. The first-order valence-corrected chi connectivity index (χ1v) is 10.8. The summed E-state index contributed by atoms with van der Waals surface area (Å²) in [5, 5.41) is 0.740. The maximum atomic E-state index is 13.4. The van der Waals surface area contributed by atoms with Crippen molar-refractivity contribution in [1.29, 1.82) is 0 Å². The Hall–Kier alpha value is -2.86. The Morgan fingerprint density at radius 1 is 0.897 bits per heavy atom. The molecule has 146 valence electrons. The molecule has 29 heavy (non-hydrogen) atoms. The normalized spacial score (nSPS) is 21.6. The predicted molar refractivity (Wildman–Crippen MR) is 116 cm³/mol. The number of aliphatic imine (C=N–C) groups is 1. The smallest absolute Gasteiger partial charge is 0.287 e. The van der Waals surface area contributed by atoms with Crippen molar-refractivity contribution in [3.8, 4) is 0 Å². The lowest BCUT2D eigenvalue weighted by molar-refractivity contribution is -0.115. The first-order chi connectivity index (χ1) is 14.2. The van der Waals surface area contributed by atoms with Crippen molar-refractivity contribution in [2.75, 3.05) is 18.0 Å². The Morgan fingerprint density at radius 3 is 2.41 bits per heavy atom. The van der Waals surface area contributed by atoms with E-state index in [0.29, 0.717) is 17.0 Å². The Bertz CT molecular complexity index is 1040. The maximum absolute atomic E-state index is 13.4. The minimum Gasteiger partial charge on any atom is -0.351 e. The van der Waals surface area contributed by atoms with Gasteiger partial charge in [0.2, 0.25) is 0 Å². The summed E-state index contributed by atoms with van der Waals surface area (Å²) in [7, 11) is 0. The number of carbonyl (C=O) groups is 2. The van der Waals surface area contributed by atoms with E-state index in [-0.39, 0.29) is 11.8 Å². The lowest BCUT2D eigenvalue weighted by Gasteiger charge is -2.27. The summed E-state index contributed by atoms with van der Waals surface area (Å²) in [6.07, 6.45) is 3.45. The summed E-state index contributed by atoms with van der Waals surface area (Å²) in [4.78, 5) is 34.9. The van der Waals surface area contributed by atoms with E-state index in [2.05, 4.69) is 9.89 Å². The molecule has 2 amide bonds. The van der Waals surface area contributed by atoms with E-state index < -0.39 is 0 Å². The molecule has 0 saturated carbocycles. The van der Waals surface area contributed by atoms with Gasteiger partial charge in [-0.15, -0.1) is 0 Å². The number of likely N-dealkylation sites (tertiary alicyclic amines) is 1. The van der Waals surface area contributed by atoms with Crippen molar-refractivity contribution < 1.29 is 9.59 Å².